The van der Waals surface area contributed by atoms with Gasteiger partial charge in [0.2, 0.25) is 0 Å². The summed E-state index contributed by atoms with van der Waals surface area (Å²) < 4.78 is 40.0. The van der Waals surface area contributed by atoms with E-state index in [2.05, 4.69) is 5.32 Å². The number of nitrogens with one attached hydrogen (secondary N) is 1. The minimum Gasteiger partial charge on any atom is -0.339 e. The number of rotatable bonds is 6. The third-order valence-electron chi connectivity index (χ3n) is 4.84. The molecule has 0 atom stereocenters. The van der Waals surface area contributed by atoms with Crippen LogP contribution in [0.3, 0.4) is 0 Å². The molecule has 4 rings (SSSR count). The minimum atomic E-state index is -3.58. The maximum atomic E-state index is 13.6. The molecule has 33 heavy (non-hydrogen) atoms. The highest BCUT2D eigenvalue weighted by Gasteiger charge is 2.29. The van der Waals surface area contributed by atoms with Gasteiger partial charge < -0.3 is 15.1 Å². The van der Waals surface area contributed by atoms with E-state index >= 15 is 0 Å². The predicted molar refractivity (Wildman–Crippen MR) is 126 cm³/mol. The molecule has 0 radical (unpaired) electrons. The summed E-state index contributed by atoms with van der Waals surface area (Å²) in [5.74, 6) is -1.18. The molecule has 1 N–H and O–H groups in total. The molecule has 172 valence electrons. The highest BCUT2D eigenvalue weighted by molar-refractivity contribution is 7.94. The standard InChI is InChI=1S/C21H18ClFN4O4S2/c1-33(30,31)19-11-25(12-24-20(28)17-8-9-18(22)32-17)13-27(19)15-6-4-14(5-7-15)26-10-2-3-16(23)21(26)29/h2-11H,12-13H2,1H3,(H,24,28). The molecule has 0 fully saturated rings. The largest absolute Gasteiger partial charge is 0.339 e. The lowest BCUT2D eigenvalue weighted by Crippen LogP contribution is -2.36. The zero-order chi connectivity index (χ0) is 23.8. The second-order valence-electron chi connectivity index (χ2n) is 7.21. The first-order chi connectivity index (χ1) is 15.6. The van der Waals surface area contributed by atoms with E-state index in [0.717, 1.165) is 28.2 Å². The van der Waals surface area contributed by atoms with Crippen molar-refractivity contribution in [3.05, 3.63) is 91.3 Å². The van der Waals surface area contributed by atoms with E-state index in [-0.39, 0.29) is 24.3 Å². The summed E-state index contributed by atoms with van der Waals surface area (Å²) in [6.45, 7) is 0.258. The Morgan fingerprint density at radius 2 is 1.85 bits per heavy atom. The highest BCUT2D eigenvalue weighted by Crippen LogP contribution is 2.28. The Hall–Kier alpha value is -3.15. The van der Waals surface area contributed by atoms with Gasteiger partial charge >= 0.3 is 0 Å². The van der Waals surface area contributed by atoms with E-state index in [9.17, 15) is 22.4 Å². The fraction of sp³-hybridized carbons (Fsp3) is 0.143. The molecule has 1 aliphatic rings. The first-order valence-corrected chi connectivity index (χ1v) is 12.7. The van der Waals surface area contributed by atoms with Gasteiger partial charge in [0, 0.05) is 30.0 Å². The second-order valence-corrected chi connectivity index (χ2v) is 10.9. The number of benzene rings is 1. The summed E-state index contributed by atoms with van der Waals surface area (Å²) in [6, 6.07) is 12.2. The lowest BCUT2D eigenvalue weighted by atomic mass is 10.2. The smallest absolute Gasteiger partial charge is 0.291 e. The lowest BCUT2D eigenvalue weighted by molar-refractivity contribution is 0.0940. The van der Waals surface area contributed by atoms with Crippen LogP contribution in [0.2, 0.25) is 4.34 Å². The summed E-state index contributed by atoms with van der Waals surface area (Å²) >= 11 is 7.01. The fourth-order valence-electron chi connectivity index (χ4n) is 3.28. The van der Waals surface area contributed by atoms with Crippen molar-refractivity contribution < 1.29 is 17.6 Å². The summed E-state index contributed by atoms with van der Waals surface area (Å²) in [6.07, 6.45) is 4.01. The number of aromatic nitrogens is 1. The van der Waals surface area contributed by atoms with Crippen LogP contribution in [0.1, 0.15) is 9.67 Å². The van der Waals surface area contributed by atoms with Crippen LogP contribution < -0.4 is 15.8 Å². The van der Waals surface area contributed by atoms with Gasteiger partial charge in [-0.25, -0.2) is 12.8 Å². The van der Waals surface area contributed by atoms with Gasteiger partial charge in [-0.3, -0.25) is 14.2 Å². The van der Waals surface area contributed by atoms with Gasteiger partial charge in [0.25, 0.3) is 11.5 Å². The molecule has 0 spiro atoms. The molecular weight excluding hydrogens is 491 g/mol. The Kier molecular flexibility index (Phi) is 6.28. The molecular formula is C21H18ClFN4O4S2. The van der Waals surface area contributed by atoms with E-state index in [1.807, 2.05) is 0 Å². The predicted octanol–water partition coefficient (Wildman–Crippen LogP) is 3.00. The Bertz CT molecular complexity index is 1400. The maximum absolute atomic E-state index is 13.6. The van der Waals surface area contributed by atoms with Crippen LogP contribution in [0, 0.1) is 5.82 Å². The minimum absolute atomic E-state index is 0.0617. The van der Waals surface area contributed by atoms with Gasteiger partial charge in [-0.2, -0.15) is 0 Å². The Balaban J connectivity index is 1.53. The number of thiophene rings is 1. The van der Waals surface area contributed by atoms with Crippen LogP contribution in [-0.2, 0) is 9.84 Å². The van der Waals surface area contributed by atoms with Crippen molar-refractivity contribution in [2.45, 2.75) is 0 Å². The van der Waals surface area contributed by atoms with Gasteiger partial charge in [0.1, 0.15) is 0 Å². The van der Waals surface area contributed by atoms with Crippen LogP contribution >= 0.6 is 22.9 Å². The lowest BCUT2D eigenvalue weighted by Gasteiger charge is -2.23. The van der Waals surface area contributed by atoms with Crippen LogP contribution in [0.25, 0.3) is 5.69 Å². The number of pyridine rings is 1. The molecule has 1 aliphatic heterocycles. The SMILES string of the molecule is CS(=O)(=O)C1=CN(CNC(=O)c2ccc(Cl)s2)CN1c1ccc(-n2cccc(F)c2=O)cc1. The molecule has 0 saturated heterocycles. The summed E-state index contributed by atoms with van der Waals surface area (Å²) in [5.41, 5.74) is 0.210. The van der Waals surface area contributed by atoms with E-state index in [1.54, 1.807) is 46.2 Å². The van der Waals surface area contributed by atoms with Crippen LogP contribution in [-0.4, -0.2) is 43.4 Å². The van der Waals surface area contributed by atoms with Crippen LogP contribution in [0.15, 0.2) is 70.8 Å². The number of anilines is 1. The molecule has 0 bridgehead atoms. The molecule has 3 heterocycles. The Labute approximate surface area is 198 Å². The molecule has 3 aromatic rings. The number of carbonyl (C=O) groups excluding carboxylic acids is 1. The van der Waals surface area contributed by atoms with Crippen LogP contribution in [0.5, 0.6) is 0 Å². The normalized spacial score (nSPS) is 13.8. The van der Waals surface area contributed by atoms with E-state index < -0.39 is 21.2 Å². The molecule has 12 heteroatoms. The topological polar surface area (TPSA) is 91.7 Å². The van der Waals surface area contributed by atoms with Crippen molar-refractivity contribution in [3.8, 4) is 5.69 Å². The van der Waals surface area contributed by atoms with E-state index in [4.69, 9.17) is 11.6 Å². The third kappa shape index (κ3) is 4.95. The van der Waals surface area contributed by atoms with Crippen molar-refractivity contribution in [1.29, 1.82) is 0 Å². The first-order valence-electron chi connectivity index (χ1n) is 9.58. The zero-order valence-corrected chi connectivity index (χ0v) is 19.6. The summed E-state index contributed by atoms with van der Waals surface area (Å²) in [5, 5.41) is 2.80. The average molecular weight is 509 g/mol. The van der Waals surface area contributed by atoms with Crippen molar-refractivity contribution in [3.63, 3.8) is 0 Å². The number of amides is 1. The van der Waals surface area contributed by atoms with Crippen molar-refractivity contribution in [1.82, 2.24) is 14.8 Å². The molecule has 0 saturated carbocycles. The van der Waals surface area contributed by atoms with Gasteiger partial charge in [-0.15, -0.1) is 11.3 Å². The summed E-state index contributed by atoms with van der Waals surface area (Å²) in [7, 11) is -3.58. The third-order valence-corrected chi connectivity index (χ3v) is 7.16. The van der Waals surface area contributed by atoms with Gasteiger partial charge in [0.05, 0.1) is 22.6 Å². The number of carbonyl (C=O) groups is 1. The van der Waals surface area contributed by atoms with Gasteiger partial charge in [-0.1, -0.05) is 11.6 Å². The molecule has 2 aromatic heterocycles. The fourth-order valence-corrected chi connectivity index (χ4v) is 5.14. The second kappa shape index (κ2) is 9.00. The molecule has 8 nitrogen and oxygen atoms in total. The molecule has 1 aromatic carbocycles. The molecule has 1 amide bonds. The molecule has 0 aliphatic carbocycles. The number of hydrogen-bond donors (Lipinski definition) is 1. The van der Waals surface area contributed by atoms with Crippen molar-refractivity contribution in [2.24, 2.45) is 0 Å². The molecule has 0 unspecified atom stereocenters. The van der Waals surface area contributed by atoms with Gasteiger partial charge in [0.15, 0.2) is 20.7 Å². The van der Waals surface area contributed by atoms with Crippen molar-refractivity contribution in [2.75, 3.05) is 24.5 Å². The van der Waals surface area contributed by atoms with Crippen LogP contribution in [0.4, 0.5) is 10.1 Å². The quantitative estimate of drug-likeness (QED) is 0.550. The van der Waals surface area contributed by atoms with Gasteiger partial charge in [-0.05, 0) is 48.5 Å². The maximum Gasteiger partial charge on any atom is 0.291 e. The highest BCUT2D eigenvalue weighted by atomic mass is 35.5. The van der Waals surface area contributed by atoms with E-state index in [0.29, 0.717) is 20.6 Å². The number of halogens is 2. The first kappa shape index (κ1) is 23.0. The number of nitrogens with zero attached hydrogens (tertiary/aromatic N) is 3. The van der Waals surface area contributed by atoms with E-state index in [1.165, 1.54) is 18.5 Å². The average Bonchev–Trinajstić information content (AvgIpc) is 3.41. The number of sulfone groups is 1. The summed E-state index contributed by atoms with van der Waals surface area (Å²) in [4.78, 5) is 28.0. The zero-order valence-electron chi connectivity index (χ0n) is 17.2. The Morgan fingerprint density at radius 3 is 2.48 bits per heavy atom. The monoisotopic (exact) mass is 508 g/mol. The Morgan fingerprint density at radius 1 is 1.15 bits per heavy atom. The van der Waals surface area contributed by atoms with Crippen molar-refractivity contribution >= 4 is 44.4 Å². The number of hydrogen-bond acceptors (Lipinski definition) is 7.